The number of nitrogens with zero attached hydrogens (tertiary/aromatic N) is 4. The fourth-order valence-electron chi connectivity index (χ4n) is 2.41. The van der Waals surface area contributed by atoms with Gasteiger partial charge in [-0.2, -0.15) is 0 Å². The Morgan fingerprint density at radius 2 is 2.10 bits per heavy atom. The van der Waals surface area contributed by atoms with Crippen LogP contribution in [0.2, 0.25) is 0 Å². The van der Waals surface area contributed by atoms with E-state index < -0.39 is 0 Å². The standard InChI is InChI=1S/C14H23N5S/c1-6-7-15-10(3)14-16-17-18-19(14)11(4)13-8-9(2)20-12(13)5/h8,10-11,15H,6-7H2,1-5H3. The maximum absolute atomic E-state index is 4.19. The predicted octanol–water partition coefficient (Wildman–Crippen LogP) is 3.02. The summed E-state index contributed by atoms with van der Waals surface area (Å²) in [6.07, 6.45) is 1.10. The molecule has 5 nitrogen and oxygen atoms in total. The molecule has 2 heterocycles. The summed E-state index contributed by atoms with van der Waals surface area (Å²) < 4.78 is 1.93. The molecule has 2 atom stereocenters. The van der Waals surface area contributed by atoms with Crippen LogP contribution in [0.1, 0.15) is 60.4 Å². The molecule has 0 amide bonds. The molecule has 20 heavy (non-hydrogen) atoms. The summed E-state index contributed by atoms with van der Waals surface area (Å²) in [5.74, 6) is 0.897. The molecule has 0 aromatic carbocycles. The average Bonchev–Trinajstić information content (AvgIpc) is 3.01. The lowest BCUT2D eigenvalue weighted by atomic mass is 10.1. The Hall–Kier alpha value is -1.27. The lowest BCUT2D eigenvalue weighted by Gasteiger charge is -2.17. The highest BCUT2D eigenvalue weighted by atomic mass is 32.1. The van der Waals surface area contributed by atoms with Crippen LogP contribution in [0.4, 0.5) is 0 Å². The van der Waals surface area contributed by atoms with Gasteiger partial charge in [0.05, 0.1) is 12.1 Å². The third-order valence-corrected chi connectivity index (χ3v) is 4.48. The van der Waals surface area contributed by atoms with Crippen molar-refractivity contribution in [1.29, 1.82) is 0 Å². The van der Waals surface area contributed by atoms with Gasteiger partial charge in [-0.3, -0.25) is 0 Å². The molecule has 0 aliphatic rings. The molecular weight excluding hydrogens is 270 g/mol. The second-order valence-corrected chi connectivity index (χ2v) is 6.66. The Bertz CT molecular complexity index is 560. The van der Waals surface area contributed by atoms with Crippen molar-refractivity contribution in [2.45, 2.75) is 53.1 Å². The third kappa shape index (κ3) is 3.07. The van der Waals surface area contributed by atoms with Crippen LogP contribution in [-0.2, 0) is 0 Å². The summed E-state index contributed by atoms with van der Waals surface area (Å²) in [7, 11) is 0. The fourth-order valence-corrected chi connectivity index (χ4v) is 3.43. The molecule has 0 bridgehead atoms. The molecule has 2 aromatic heterocycles. The minimum atomic E-state index is 0.160. The number of aromatic nitrogens is 4. The smallest absolute Gasteiger partial charge is 0.168 e. The van der Waals surface area contributed by atoms with Crippen LogP contribution in [0.3, 0.4) is 0 Å². The number of tetrazole rings is 1. The summed E-state index contributed by atoms with van der Waals surface area (Å²) in [5, 5.41) is 15.7. The predicted molar refractivity (Wildman–Crippen MR) is 82.1 cm³/mol. The lowest BCUT2D eigenvalue weighted by molar-refractivity contribution is 0.464. The van der Waals surface area contributed by atoms with Crippen LogP contribution in [0.5, 0.6) is 0 Å². The van der Waals surface area contributed by atoms with E-state index in [1.165, 1.54) is 15.3 Å². The summed E-state index contributed by atoms with van der Waals surface area (Å²) in [6.45, 7) is 11.7. The first kappa shape index (κ1) is 15.1. The fraction of sp³-hybridized carbons (Fsp3) is 0.643. The molecule has 0 spiro atoms. The van der Waals surface area contributed by atoms with E-state index in [9.17, 15) is 0 Å². The number of aryl methyl sites for hydroxylation is 2. The van der Waals surface area contributed by atoms with Crippen molar-refractivity contribution in [3.63, 3.8) is 0 Å². The number of nitrogens with one attached hydrogen (secondary N) is 1. The van der Waals surface area contributed by atoms with E-state index in [4.69, 9.17) is 0 Å². The average molecular weight is 293 g/mol. The number of hydrogen-bond acceptors (Lipinski definition) is 5. The van der Waals surface area contributed by atoms with Gasteiger partial charge in [0.15, 0.2) is 5.82 Å². The minimum Gasteiger partial charge on any atom is -0.307 e. The first-order chi connectivity index (χ1) is 9.54. The summed E-state index contributed by atoms with van der Waals surface area (Å²) in [4.78, 5) is 2.67. The van der Waals surface area contributed by atoms with Crippen molar-refractivity contribution in [2.24, 2.45) is 0 Å². The molecule has 110 valence electrons. The van der Waals surface area contributed by atoms with E-state index in [0.29, 0.717) is 0 Å². The number of rotatable bonds is 6. The first-order valence-electron chi connectivity index (χ1n) is 7.12. The number of thiophene rings is 1. The van der Waals surface area contributed by atoms with Gasteiger partial charge < -0.3 is 5.32 Å². The Morgan fingerprint density at radius 1 is 1.35 bits per heavy atom. The van der Waals surface area contributed by atoms with E-state index in [0.717, 1.165) is 18.8 Å². The molecule has 2 rings (SSSR count). The normalized spacial score (nSPS) is 14.4. The van der Waals surface area contributed by atoms with Crippen molar-refractivity contribution < 1.29 is 0 Å². The highest BCUT2D eigenvalue weighted by Crippen LogP contribution is 2.29. The van der Waals surface area contributed by atoms with Crippen LogP contribution < -0.4 is 5.32 Å². The SMILES string of the molecule is CCCNC(C)c1nnnn1C(C)c1cc(C)sc1C. The van der Waals surface area contributed by atoms with E-state index >= 15 is 0 Å². The van der Waals surface area contributed by atoms with Gasteiger partial charge in [0.25, 0.3) is 0 Å². The lowest BCUT2D eigenvalue weighted by Crippen LogP contribution is -2.24. The maximum Gasteiger partial charge on any atom is 0.168 e. The van der Waals surface area contributed by atoms with E-state index in [2.05, 4.69) is 61.5 Å². The van der Waals surface area contributed by atoms with E-state index in [-0.39, 0.29) is 12.1 Å². The van der Waals surface area contributed by atoms with Crippen molar-refractivity contribution in [3.8, 4) is 0 Å². The maximum atomic E-state index is 4.19. The highest BCUT2D eigenvalue weighted by Gasteiger charge is 2.21. The summed E-state index contributed by atoms with van der Waals surface area (Å²) in [5.41, 5.74) is 1.31. The van der Waals surface area contributed by atoms with Gasteiger partial charge in [0.1, 0.15) is 0 Å². The van der Waals surface area contributed by atoms with Gasteiger partial charge in [-0.25, -0.2) is 4.68 Å². The molecule has 0 fully saturated rings. The Balaban J connectivity index is 2.25. The monoisotopic (exact) mass is 293 g/mol. The minimum absolute atomic E-state index is 0.160. The van der Waals surface area contributed by atoms with Crippen LogP contribution in [-0.4, -0.2) is 26.8 Å². The topological polar surface area (TPSA) is 55.6 Å². The van der Waals surface area contributed by atoms with E-state index in [1.807, 2.05) is 16.0 Å². The molecule has 0 aliphatic carbocycles. The molecule has 0 saturated heterocycles. The first-order valence-corrected chi connectivity index (χ1v) is 7.94. The Morgan fingerprint density at radius 3 is 2.70 bits per heavy atom. The van der Waals surface area contributed by atoms with Gasteiger partial charge in [0, 0.05) is 9.75 Å². The summed E-state index contributed by atoms with van der Waals surface area (Å²) in [6, 6.07) is 2.56. The van der Waals surface area contributed by atoms with Crippen molar-refractivity contribution in [3.05, 3.63) is 27.2 Å². The van der Waals surface area contributed by atoms with Crippen molar-refractivity contribution in [1.82, 2.24) is 25.5 Å². The van der Waals surface area contributed by atoms with Crippen molar-refractivity contribution >= 4 is 11.3 Å². The molecule has 2 aromatic rings. The Kier molecular flexibility index (Phi) is 4.88. The van der Waals surface area contributed by atoms with Gasteiger partial charge in [-0.1, -0.05) is 6.92 Å². The zero-order chi connectivity index (χ0) is 14.7. The quantitative estimate of drug-likeness (QED) is 0.889. The van der Waals surface area contributed by atoms with Crippen LogP contribution in [0.15, 0.2) is 6.07 Å². The molecule has 0 radical (unpaired) electrons. The van der Waals surface area contributed by atoms with Gasteiger partial charge in [-0.15, -0.1) is 16.4 Å². The van der Waals surface area contributed by atoms with Gasteiger partial charge in [0.2, 0.25) is 0 Å². The largest absolute Gasteiger partial charge is 0.307 e. The third-order valence-electron chi connectivity index (χ3n) is 3.50. The van der Waals surface area contributed by atoms with Crippen LogP contribution >= 0.6 is 11.3 Å². The van der Waals surface area contributed by atoms with Gasteiger partial charge in [-0.05, 0) is 62.7 Å². The molecular formula is C14H23N5S. The zero-order valence-electron chi connectivity index (χ0n) is 12.8. The molecule has 1 N–H and O–H groups in total. The molecule has 0 aliphatic heterocycles. The van der Waals surface area contributed by atoms with E-state index in [1.54, 1.807) is 0 Å². The molecule has 6 heteroatoms. The van der Waals surface area contributed by atoms with Crippen molar-refractivity contribution in [2.75, 3.05) is 6.54 Å². The number of hydrogen-bond donors (Lipinski definition) is 1. The van der Waals surface area contributed by atoms with Gasteiger partial charge >= 0.3 is 0 Å². The summed E-state index contributed by atoms with van der Waals surface area (Å²) >= 11 is 1.83. The highest BCUT2D eigenvalue weighted by molar-refractivity contribution is 7.12. The molecule has 0 saturated carbocycles. The second-order valence-electron chi connectivity index (χ2n) is 5.20. The second kappa shape index (κ2) is 6.45. The zero-order valence-corrected chi connectivity index (χ0v) is 13.7. The molecule has 2 unspecified atom stereocenters. The van der Waals surface area contributed by atoms with Crippen LogP contribution in [0.25, 0.3) is 0 Å². The van der Waals surface area contributed by atoms with Crippen LogP contribution in [0, 0.1) is 13.8 Å². The Labute approximate surface area is 124 Å².